The number of halogens is 1. The zero-order chi connectivity index (χ0) is 25.8. The molecule has 0 unspecified atom stereocenters. The van der Waals surface area contributed by atoms with Crippen molar-refractivity contribution in [1.29, 1.82) is 0 Å². The van der Waals surface area contributed by atoms with E-state index in [4.69, 9.17) is 11.6 Å². The first-order valence-electron chi connectivity index (χ1n) is 12.5. The van der Waals surface area contributed by atoms with E-state index in [1.807, 2.05) is 68.4 Å². The third-order valence-electron chi connectivity index (χ3n) is 6.83. The van der Waals surface area contributed by atoms with Crippen LogP contribution in [0.15, 0.2) is 60.7 Å². The highest BCUT2D eigenvalue weighted by atomic mass is 35.5. The van der Waals surface area contributed by atoms with Gasteiger partial charge in [-0.15, -0.1) is 0 Å². The molecular weight excluding hydrogens is 474 g/mol. The molecule has 1 heterocycles. The molecular formula is C29H32ClN3O3. The number of nitrogens with one attached hydrogen (secondary N) is 1. The third-order valence-corrected chi connectivity index (χ3v) is 7.07. The van der Waals surface area contributed by atoms with E-state index in [9.17, 15) is 14.4 Å². The third kappa shape index (κ3) is 5.39. The monoisotopic (exact) mass is 505 g/mol. The Kier molecular flexibility index (Phi) is 7.94. The lowest BCUT2D eigenvalue weighted by molar-refractivity contribution is -0.140. The molecule has 6 nitrogen and oxygen atoms in total. The Hall–Kier alpha value is -3.38. The van der Waals surface area contributed by atoms with Gasteiger partial charge in [0.2, 0.25) is 11.8 Å². The number of anilines is 1. The largest absolute Gasteiger partial charge is 0.352 e. The predicted octanol–water partition coefficient (Wildman–Crippen LogP) is 5.57. The Labute approximate surface area is 217 Å². The fourth-order valence-electron chi connectivity index (χ4n) is 4.61. The molecule has 0 radical (unpaired) electrons. The van der Waals surface area contributed by atoms with Crippen LogP contribution in [0.4, 0.5) is 5.69 Å². The maximum absolute atomic E-state index is 13.4. The summed E-state index contributed by atoms with van der Waals surface area (Å²) in [5, 5.41) is 5.56. The average Bonchev–Trinajstić information content (AvgIpc) is 3.14. The molecule has 0 aromatic heterocycles. The van der Waals surface area contributed by atoms with Crippen LogP contribution in [0, 0.1) is 0 Å². The molecule has 0 saturated carbocycles. The number of amides is 3. The van der Waals surface area contributed by atoms with Crippen molar-refractivity contribution in [1.82, 2.24) is 10.2 Å². The van der Waals surface area contributed by atoms with Crippen LogP contribution in [0.1, 0.15) is 56.0 Å². The maximum Gasteiger partial charge on any atom is 0.258 e. The van der Waals surface area contributed by atoms with Gasteiger partial charge >= 0.3 is 0 Å². The van der Waals surface area contributed by atoms with E-state index in [-0.39, 0.29) is 36.7 Å². The lowest BCUT2D eigenvalue weighted by Crippen LogP contribution is -2.49. The molecule has 2 atom stereocenters. The molecule has 0 saturated heterocycles. The Bertz CT molecular complexity index is 1290. The number of rotatable bonds is 10. The van der Waals surface area contributed by atoms with Crippen molar-refractivity contribution in [3.63, 3.8) is 0 Å². The number of hydrogen-bond donors (Lipinski definition) is 1. The molecule has 36 heavy (non-hydrogen) atoms. The highest BCUT2D eigenvalue weighted by Gasteiger charge is 2.30. The van der Waals surface area contributed by atoms with Gasteiger partial charge in [-0.05, 0) is 61.9 Å². The van der Waals surface area contributed by atoms with Crippen LogP contribution < -0.4 is 10.2 Å². The summed E-state index contributed by atoms with van der Waals surface area (Å²) in [7, 11) is 0. The van der Waals surface area contributed by atoms with E-state index in [0.717, 1.165) is 28.4 Å². The van der Waals surface area contributed by atoms with E-state index < -0.39 is 6.04 Å². The van der Waals surface area contributed by atoms with Crippen LogP contribution in [0.3, 0.4) is 0 Å². The van der Waals surface area contributed by atoms with Gasteiger partial charge in [0, 0.05) is 41.5 Å². The minimum Gasteiger partial charge on any atom is -0.352 e. The van der Waals surface area contributed by atoms with Crippen LogP contribution in [-0.4, -0.2) is 41.2 Å². The SMILES string of the molecule is CC[C@H](C)NC(=O)[C@H](C)N(Cc1cccc(Cl)c1)C(=O)CCCN1C(=O)c2cccc3cccc1c23. The van der Waals surface area contributed by atoms with Gasteiger partial charge in [0.25, 0.3) is 5.91 Å². The van der Waals surface area contributed by atoms with Crippen LogP contribution in [-0.2, 0) is 16.1 Å². The second-order valence-electron chi connectivity index (χ2n) is 9.39. The van der Waals surface area contributed by atoms with Crippen molar-refractivity contribution in [2.24, 2.45) is 0 Å². The van der Waals surface area contributed by atoms with E-state index in [2.05, 4.69) is 5.32 Å². The molecule has 3 aromatic carbocycles. The Morgan fingerprint density at radius 3 is 2.50 bits per heavy atom. The molecule has 188 valence electrons. The van der Waals surface area contributed by atoms with Crippen LogP contribution in [0.5, 0.6) is 0 Å². The molecule has 1 N–H and O–H groups in total. The zero-order valence-corrected chi connectivity index (χ0v) is 21.7. The summed E-state index contributed by atoms with van der Waals surface area (Å²) >= 11 is 6.16. The molecule has 0 spiro atoms. The standard InChI is InChI=1S/C29H32ClN3O3/c1-4-19(2)31-28(35)20(3)33(18-21-9-5-12-23(30)17-21)26(34)15-8-16-32-25-14-7-11-22-10-6-13-24(27(22)25)29(32)36/h5-7,9-14,17,19-20H,4,8,15-16,18H2,1-3H3,(H,31,35)/t19-,20-/m0/s1. The maximum atomic E-state index is 13.4. The Balaban J connectivity index is 1.46. The number of nitrogens with zero attached hydrogens (tertiary/aromatic N) is 2. The second kappa shape index (κ2) is 11.1. The fraction of sp³-hybridized carbons (Fsp3) is 0.345. The van der Waals surface area contributed by atoms with Crippen molar-refractivity contribution in [2.75, 3.05) is 11.4 Å². The van der Waals surface area contributed by atoms with Gasteiger partial charge in [0.05, 0.1) is 5.69 Å². The summed E-state index contributed by atoms with van der Waals surface area (Å²) in [6, 6.07) is 18.3. The van der Waals surface area contributed by atoms with Crippen molar-refractivity contribution in [3.05, 3.63) is 76.8 Å². The topological polar surface area (TPSA) is 69.7 Å². The highest BCUT2D eigenvalue weighted by Crippen LogP contribution is 2.37. The number of carbonyl (C=O) groups is 3. The van der Waals surface area contributed by atoms with Crippen LogP contribution in [0.2, 0.25) is 5.02 Å². The molecule has 1 aliphatic rings. The zero-order valence-electron chi connectivity index (χ0n) is 21.0. The normalized spacial score (nSPS) is 14.1. The summed E-state index contributed by atoms with van der Waals surface area (Å²) in [5.74, 6) is -0.355. The number of benzene rings is 3. The Morgan fingerprint density at radius 2 is 1.78 bits per heavy atom. The van der Waals surface area contributed by atoms with Crippen molar-refractivity contribution >= 4 is 45.8 Å². The summed E-state index contributed by atoms with van der Waals surface area (Å²) < 4.78 is 0. The Morgan fingerprint density at radius 1 is 1.06 bits per heavy atom. The van der Waals surface area contributed by atoms with Crippen molar-refractivity contribution < 1.29 is 14.4 Å². The van der Waals surface area contributed by atoms with Gasteiger partial charge in [0.1, 0.15) is 6.04 Å². The quantitative estimate of drug-likeness (QED) is 0.392. The number of hydrogen-bond acceptors (Lipinski definition) is 3. The van der Waals surface area contributed by atoms with Crippen molar-refractivity contribution in [2.45, 2.75) is 58.7 Å². The molecule has 3 aromatic rings. The smallest absolute Gasteiger partial charge is 0.258 e. The number of carbonyl (C=O) groups excluding carboxylic acids is 3. The summed E-state index contributed by atoms with van der Waals surface area (Å²) in [5.41, 5.74) is 2.45. The van der Waals surface area contributed by atoms with Gasteiger partial charge in [-0.3, -0.25) is 14.4 Å². The fourth-order valence-corrected chi connectivity index (χ4v) is 4.83. The van der Waals surface area contributed by atoms with Gasteiger partial charge < -0.3 is 15.1 Å². The van der Waals surface area contributed by atoms with Gasteiger partial charge in [0.15, 0.2) is 0 Å². The molecule has 0 fully saturated rings. The van der Waals surface area contributed by atoms with Crippen LogP contribution in [0.25, 0.3) is 10.8 Å². The minimum atomic E-state index is -0.642. The minimum absolute atomic E-state index is 0.0218. The highest BCUT2D eigenvalue weighted by molar-refractivity contribution is 6.30. The first-order valence-corrected chi connectivity index (χ1v) is 12.9. The molecule has 4 rings (SSSR count). The van der Waals surface area contributed by atoms with E-state index >= 15 is 0 Å². The molecule has 3 amide bonds. The molecule has 0 aliphatic carbocycles. The molecule has 7 heteroatoms. The van der Waals surface area contributed by atoms with Gasteiger partial charge in [-0.25, -0.2) is 0 Å². The lowest BCUT2D eigenvalue weighted by Gasteiger charge is -2.30. The van der Waals surface area contributed by atoms with Crippen LogP contribution >= 0.6 is 11.6 Å². The first kappa shape index (κ1) is 25.7. The summed E-state index contributed by atoms with van der Waals surface area (Å²) in [4.78, 5) is 42.7. The summed E-state index contributed by atoms with van der Waals surface area (Å²) in [6.07, 6.45) is 1.51. The van der Waals surface area contributed by atoms with Gasteiger partial charge in [-0.2, -0.15) is 0 Å². The molecule has 0 bridgehead atoms. The predicted molar refractivity (Wildman–Crippen MR) is 144 cm³/mol. The van der Waals surface area contributed by atoms with Crippen molar-refractivity contribution in [3.8, 4) is 0 Å². The van der Waals surface area contributed by atoms with E-state index in [0.29, 0.717) is 23.6 Å². The summed E-state index contributed by atoms with van der Waals surface area (Å²) in [6.45, 7) is 6.41. The second-order valence-corrected chi connectivity index (χ2v) is 9.82. The van der Waals surface area contributed by atoms with E-state index in [1.165, 1.54) is 0 Å². The molecule has 1 aliphatic heterocycles. The average molecular weight is 506 g/mol. The lowest BCUT2D eigenvalue weighted by atomic mass is 10.1. The van der Waals surface area contributed by atoms with E-state index in [1.54, 1.807) is 22.8 Å². The van der Waals surface area contributed by atoms with Gasteiger partial charge in [-0.1, -0.05) is 54.9 Å². The first-order chi connectivity index (χ1) is 17.3.